The quantitative estimate of drug-likeness (QED) is 0.245. The molecule has 0 saturated carbocycles. The van der Waals surface area contributed by atoms with Crippen molar-refractivity contribution < 1.29 is 27.8 Å². The average Bonchev–Trinajstić information content (AvgIpc) is 3.44. The van der Waals surface area contributed by atoms with Crippen molar-refractivity contribution in [3.63, 3.8) is 0 Å². The molecule has 0 unspecified atom stereocenters. The van der Waals surface area contributed by atoms with Crippen LogP contribution in [-0.2, 0) is 12.8 Å². The molecule has 2 heterocycles. The van der Waals surface area contributed by atoms with Crippen LogP contribution in [0.3, 0.4) is 0 Å². The third-order valence-electron chi connectivity index (χ3n) is 6.34. The van der Waals surface area contributed by atoms with Gasteiger partial charge in [0, 0.05) is 11.8 Å². The highest BCUT2D eigenvalue weighted by molar-refractivity contribution is 5.89. The molecule has 1 N–H and O–H groups in total. The number of aromatic nitrogens is 4. The lowest BCUT2D eigenvalue weighted by atomic mass is 9.99. The summed E-state index contributed by atoms with van der Waals surface area (Å²) in [6.45, 7) is 2.18. The molecule has 8 nitrogen and oxygen atoms in total. The number of aryl methyl sites for hydroxylation is 1. The Labute approximate surface area is 231 Å². The summed E-state index contributed by atoms with van der Waals surface area (Å²) in [5.74, 6) is -1.76. The number of nitriles is 1. The number of hydrogen-bond acceptors (Lipinski definition) is 6. The van der Waals surface area contributed by atoms with E-state index in [1.54, 1.807) is 36.4 Å². The second-order valence-corrected chi connectivity index (χ2v) is 8.98. The van der Waals surface area contributed by atoms with Gasteiger partial charge in [0.05, 0.1) is 23.5 Å². The minimum Gasteiger partial charge on any atom is -0.488 e. The first-order valence-electron chi connectivity index (χ1n) is 12.2. The molecule has 0 amide bonds. The largest absolute Gasteiger partial charge is 0.488 e. The molecule has 0 radical (unpaired) electrons. The van der Waals surface area contributed by atoms with Crippen molar-refractivity contribution >= 4 is 5.97 Å². The van der Waals surface area contributed by atoms with Crippen LogP contribution >= 0.6 is 0 Å². The molecule has 204 valence electrons. The summed E-state index contributed by atoms with van der Waals surface area (Å²) >= 11 is 0. The Morgan fingerprint density at radius 1 is 1.05 bits per heavy atom. The Bertz CT molecular complexity index is 1790. The maximum absolute atomic E-state index is 13.7. The van der Waals surface area contributed by atoms with Crippen LogP contribution in [0.5, 0.6) is 5.75 Å². The van der Waals surface area contributed by atoms with E-state index >= 15 is 0 Å². The van der Waals surface area contributed by atoms with Gasteiger partial charge in [0.1, 0.15) is 17.9 Å². The zero-order chi connectivity index (χ0) is 29.1. The predicted molar refractivity (Wildman–Crippen MR) is 142 cm³/mol. The Morgan fingerprint density at radius 3 is 2.46 bits per heavy atom. The number of carboxylic acid groups (broad SMARTS) is 1. The normalized spacial score (nSPS) is 11.2. The number of ether oxygens (including phenoxy) is 1. The Balaban J connectivity index is 1.41. The number of carbonyl (C=O) groups is 1. The smallest absolute Gasteiger partial charge is 0.434 e. The standard InChI is InChI=1S/C30H20F3N5O3/c1-18-14-21(20-8-6-19(15-34)7-9-20)10-11-22(18)17-41-26-5-3-2-4-23(26)25-12-13-35-29(37-25)38-27(30(31,32)33)24(16-36-38)28(39)40/h2-14,16H,17H2,1H3,(H,39,40). The molecule has 0 atom stereocenters. The van der Waals surface area contributed by atoms with Crippen LogP contribution in [0.4, 0.5) is 13.2 Å². The second-order valence-electron chi connectivity index (χ2n) is 8.98. The molecule has 0 spiro atoms. The fraction of sp³-hybridized carbons (Fsp3) is 0.100. The third-order valence-corrected chi connectivity index (χ3v) is 6.34. The molecule has 11 heteroatoms. The minimum atomic E-state index is -5.00. The summed E-state index contributed by atoms with van der Waals surface area (Å²) in [5.41, 5.74) is 2.75. The summed E-state index contributed by atoms with van der Waals surface area (Å²) < 4.78 is 47.6. The number of aromatic carboxylic acids is 1. The predicted octanol–water partition coefficient (Wildman–Crippen LogP) is 6.47. The maximum atomic E-state index is 13.7. The van der Waals surface area contributed by atoms with Crippen molar-refractivity contribution in [1.29, 1.82) is 5.26 Å². The molecule has 0 aliphatic rings. The first-order valence-corrected chi connectivity index (χ1v) is 12.2. The molecular weight excluding hydrogens is 535 g/mol. The van der Waals surface area contributed by atoms with Gasteiger partial charge in [0.2, 0.25) is 0 Å². The van der Waals surface area contributed by atoms with Crippen LogP contribution < -0.4 is 4.74 Å². The summed E-state index contributed by atoms with van der Waals surface area (Å²) in [7, 11) is 0. The van der Waals surface area contributed by atoms with E-state index in [0.29, 0.717) is 27.8 Å². The van der Waals surface area contributed by atoms with Gasteiger partial charge in [0.15, 0.2) is 5.69 Å². The zero-order valence-corrected chi connectivity index (χ0v) is 21.4. The number of halogens is 3. The molecule has 5 rings (SSSR count). The molecule has 41 heavy (non-hydrogen) atoms. The highest BCUT2D eigenvalue weighted by Crippen LogP contribution is 2.34. The van der Waals surface area contributed by atoms with E-state index in [-0.39, 0.29) is 12.3 Å². The van der Waals surface area contributed by atoms with Gasteiger partial charge in [-0.15, -0.1) is 0 Å². The fourth-order valence-corrected chi connectivity index (χ4v) is 4.26. The van der Waals surface area contributed by atoms with Gasteiger partial charge in [-0.2, -0.15) is 28.2 Å². The van der Waals surface area contributed by atoms with E-state index in [1.807, 2.05) is 37.3 Å². The monoisotopic (exact) mass is 555 g/mol. The fourth-order valence-electron chi connectivity index (χ4n) is 4.26. The third kappa shape index (κ3) is 5.62. The van der Waals surface area contributed by atoms with Crippen LogP contribution in [0.25, 0.3) is 28.3 Å². The van der Waals surface area contributed by atoms with Crippen LogP contribution in [0.2, 0.25) is 0 Å². The molecule has 0 bridgehead atoms. The second kappa shape index (κ2) is 10.9. The van der Waals surface area contributed by atoms with Crippen molar-refractivity contribution in [3.8, 4) is 40.2 Å². The summed E-state index contributed by atoms with van der Waals surface area (Å²) in [5, 5.41) is 21.8. The Kier molecular flexibility index (Phi) is 7.22. The Hall–Kier alpha value is -5.50. The molecule has 3 aromatic carbocycles. The molecular formula is C30H20F3N5O3. The number of hydrogen-bond donors (Lipinski definition) is 1. The molecule has 0 aliphatic heterocycles. The molecule has 0 aliphatic carbocycles. The van der Waals surface area contributed by atoms with Gasteiger partial charge >= 0.3 is 12.1 Å². The topological polar surface area (TPSA) is 114 Å². The van der Waals surface area contributed by atoms with Crippen LogP contribution in [0, 0.1) is 18.3 Å². The highest BCUT2D eigenvalue weighted by atomic mass is 19.4. The van der Waals surface area contributed by atoms with Gasteiger partial charge in [-0.05, 0) is 59.5 Å². The van der Waals surface area contributed by atoms with E-state index < -0.39 is 29.4 Å². The molecule has 0 fully saturated rings. The van der Waals surface area contributed by atoms with Crippen LogP contribution in [-0.4, -0.2) is 30.8 Å². The SMILES string of the molecule is Cc1cc(-c2ccc(C#N)cc2)ccc1COc1ccccc1-c1ccnc(-n2ncc(C(=O)O)c2C(F)(F)F)n1. The zero-order valence-electron chi connectivity index (χ0n) is 21.4. The lowest BCUT2D eigenvalue weighted by Gasteiger charge is -2.14. The van der Waals surface area contributed by atoms with E-state index in [9.17, 15) is 23.1 Å². The summed E-state index contributed by atoms with van der Waals surface area (Å²) in [6, 6.07) is 23.8. The Morgan fingerprint density at radius 2 is 1.78 bits per heavy atom. The van der Waals surface area contributed by atoms with Gasteiger partial charge in [-0.25, -0.2) is 14.8 Å². The lowest BCUT2D eigenvalue weighted by Crippen LogP contribution is -2.18. The summed E-state index contributed by atoms with van der Waals surface area (Å²) in [6.07, 6.45) is -3.12. The van der Waals surface area contributed by atoms with Gasteiger partial charge in [-0.1, -0.05) is 42.5 Å². The van der Waals surface area contributed by atoms with Crippen molar-refractivity contribution in [2.75, 3.05) is 0 Å². The van der Waals surface area contributed by atoms with Crippen molar-refractivity contribution in [2.45, 2.75) is 19.7 Å². The highest BCUT2D eigenvalue weighted by Gasteiger charge is 2.41. The minimum absolute atomic E-state index is 0.216. The van der Waals surface area contributed by atoms with Gasteiger partial charge in [-0.3, -0.25) is 0 Å². The first kappa shape index (κ1) is 27.1. The van der Waals surface area contributed by atoms with E-state index in [1.165, 1.54) is 12.3 Å². The molecule has 0 saturated heterocycles. The first-order chi connectivity index (χ1) is 19.7. The number of benzene rings is 3. The van der Waals surface area contributed by atoms with Crippen LogP contribution in [0.1, 0.15) is 32.7 Å². The van der Waals surface area contributed by atoms with E-state index in [2.05, 4.69) is 21.1 Å². The number of carboxylic acids is 1. The average molecular weight is 556 g/mol. The van der Waals surface area contributed by atoms with Gasteiger partial charge < -0.3 is 9.84 Å². The van der Waals surface area contributed by atoms with Crippen molar-refractivity contribution in [2.24, 2.45) is 0 Å². The number of nitrogens with zero attached hydrogens (tertiary/aromatic N) is 5. The van der Waals surface area contributed by atoms with Crippen LogP contribution in [0.15, 0.2) is 85.2 Å². The number of para-hydroxylation sites is 1. The maximum Gasteiger partial charge on any atom is 0.434 e. The van der Waals surface area contributed by atoms with Gasteiger partial charge in [0.25, 0.3) is 5.95 Å². The van der Waals surface area contributed by atoms with E-state index in [0.717, 1.165) is 22.3 Å². The van der Waals surface area contributed by atoms with Crippen molar-refractivity contribution in [3.05, 3.63) is 113 Å². The molecule has 5 aromatic rings. The van der Waals surface area contributed by atoms with Crippen molar-refractivity contribution in [1.82, 2.24) is 19.7 Å². The number of rotatable bonds is 7. The molecule has 2 aromatic heterocycles. The van der Waals surface area contributed by atoms with E-state index in [4.69, 9.17) is 10.00 Å². The number of alkyl halides is 3. The lowest BCUT2D eigenvalue weighted by molar-refractivity contribution is -0.143. The summed E-state index contributed by atoms with van der Waals surface area (Å²) in [4.78, 5) is 19.5.